The third kappa shape index (κ3) is 4.64. The van der Waals surface area contributed by atoms with Crippen LogP contribution in [-0.4, -0.2) is 34.4 Å². The predicted octanol–water partition coefficient (Wildman–Crippen LogP) is 3.32. The second-order valence-corrected chi connectivity index (χ2v) is 9.24. The molecule has 0 aliphatic carbocycles. The Bertz CT molecular complexity index is 1140. The first-order valence-corrected chi connectivity index (χ1v) is 10.8. The van der Waals surface area contributed by atoms with Crippen LogP contribution in [0.25, 0.3) is 11.5 Å². The molecule has 4 rings (SSSR count). The van der Waals surface area contributed by atoms with Gasteiger partial charge in [-0.25, -0.2) is 4.98 Å². The van der Waals surface area contributed by atoms with Gasteiger partial charge >= 0.3 is 0 Å². The van der Waals surface area contributed by atoms with E-state index in [9.17, 15) is 14.4 Å². The van der Waals surface area contributed by atoms with Crippen molar-refractivity contribution in [3.63, 3.8) is 0 Å². The van der Waals surface area contributed by atoms with Crippen molar-refractivity contribution in [3.8, 4) is 11.5 Å². The standard InChI is InChI=1S/C23H21BN2O4S/c1-14-18(25-20(30-14)17-5-3-2-4-6-17)11-12-19(27)16-9-7-15(8-10-16)13-23(24)21(28)26-22(29)31-23/h2-10H,11-13,24H2,1H3,(H,26,28,29)/t23-/m1/s1. The van der Waals surface area contributed by atoms with Gasteiger partial charge in [-0.3, -0.25) is 19.7 Å². The molecule has 8 heteroatoms. The van der Waals surface area contributed by atoms with E-state index in [0.717, 1.165) is 34.3 Å². The van der Waals surface area contributed by atoms with Gasteiger partial charge in [-0.2, -0.15) is 0 Å². The van der Waals surface area contributed by atoms with E-state index in [1.807, 2.05) is 49.4 Å². The Labute approximate surface area is 185 Å². The zero-order chi connectivity index (χ0) is 22.0. The van der Waals surface area contributed by atoms with Crippen LogP contribution in [0.4, 0.5) is 4.79 Å². The summed E-state index contributed by atoms with van der Waals surface area (Å²) < 4.78 is 4.95. The predicted molar refractivity (Wildman–Crippen MR) is 122 cm³/mol. The molecule has 0 radical (unpaired) electrons. The Morgan fingerprint density at radius 3 is 2.48 bits per heavy atom. The monoisotopic (exact) mass is 432 g/mol. The van der Waals surface area contributed by atoms with Crippen LogP contribution in [0.5, 0.6) is 0 Å². The number of thioether (sulfide) groups is 1. The van der Waals surface area contributed by atoms with Crippen LogP contribution in [0.15, 0.2) is 59.0 Å². The van der Waals surface area contributed by atoms with Gasteiger partial charge in [-0.15, -0.1) is 0 Å². The first-order chi connectivity index (χ1) is 14.8. The van der Waals surface area contributed by atoms with E-state index in [2.05, 4.69) is 10.3 Å². The molecular formula is C23H21BN2O4S. The van der Waals surface area contributed by atoms with Crippen LogP contribution in [0, 0.1) is 6.92 Å². The Hall–Kier alpha value is -3.13. The van der Waals surface area contributed by atoms with Gasteiger partial charge in [0.1, 0.15) is 13.6 Å². The topological polar surface area (TPSA) is 89.3 Å². The number of aryl methyl sites for hydroxylation is 2. The number of carbonyl (C=O) groups is 3. The van der Waals surface area contributed by atoms with Gasteiger partial charge in [0.05, 0.1) is 10.3 Å². The second-order valence-electron chi connectivity index (χ2n) is 7.76. The largest absolute Gasteiger partial charge is 0.441 e. The highest BCUT2D eigenvalue weighted by Gasteiger charge is 2.43. The number of nitrogens with zero attached hydrogens (tertiary/aromatic N) is 1. The minimum Gasteiger partial charge on any atom is -0.441 e. The molecule has 1 fully saturated rings. The number of imide groups is 1. The molecule has 2 heterocycles. The lowest BCUT2D eigenvalue weighted by atomic mass is 9.80. The average molecular weight is 432 g/mol. The number of rotatable bonds is 7. The summed E-state index contributed by atoms with van der Waals surface area (Å²) in [5.41, 5.74) is 3.20. The van der Waals surface area contributed by atoms with Crippen molar-refractivity contribution in [1.82, 2.24) is 10.3 Å². The van der Waals surface area contributed by atoms with Gasteiger partial charge in [-0.05, 0) is 31.0 Å². The Kier molecular flexibility index (Phi) is 5.82. The molecule has 0 bridgehead atoms. The molecule has 3 aromatic rings. The molecule has 156 valence electrons. The molecule has 2 amide bonds. The maximum Gasteiger partial charge on any atom is 0.285 e. The molecule has 1 atom stereocenters. The van der Waals surface area contributed by atoms with Gasteiger partial charge in [0, 0.05) is 24.0 Å². The van der Waals surface area contributed by atoms with Crippen molar-refractivity contribution in [1.29, 1.82) is 0 Å². The third-order valence-electron chi connectivity index (χ3n) is 5.33. The fraction of sp³-hybridized carbons (Fsp3) is 0.217. The maximum absolute atomic E-state index is 12.6. The van der Waals surface area contributed by atoms with Gasteiger partial charge in [0.2, 0.25) is 11.8 Å². The molecule has 2 aromatic carbocycles. The molecule has 1 saturated heterocycles. The summed E-state index contributed by atoms with van der Waals surface area (Å²) in [6.07, 6.45) is 1.25. The van der Waals surface area contributed by atoms with Crippen molar-refractivity contribution < 1.29 is 18.8 Å². The van der Waals surface area contributed by atoms with E-state index in [-0.39, 0.29) is 16.9 Å². The molecular weight excluding hydrogens is 411 g/mol. The average Bonchev–Trinajstić information content (AvgIpc) is 3.25. The van der Waals surface area contributed by atoms with E-state index in [0.29, 0.717) is 30.7 Å². The first kappa shape index (κ1) is 21.1. The molecule has 0 spiro atoms. The number of oxazole rings is 1. The number of nitrogens with one attached hydrogen (secondary N) is 1. The van der Waals surface area contributed by atoms with Crippen molar-refractivity contribution in [2.45, 2.75) is 30.8 Å². The summed E-state index contributed by atoms with van der Waals surface area (Å²) in [7, 11) is 1.75. The molecule has 0 unspecified atom stereocenters. The molecule has 1 aliphatic rings. The number of ketones is 1. The molecule has 1 aliphatic heterocycles. The molecule has 6 nitrogen and oxygen atoms in total. The van der Waals surface area contributed by atoms with Gasteiger partial charge < -0.3 is 4.42 Å². The summed E-state index contributed by atoms with van der Waals surface area (Å²) in [5, 5.41) is 2.00. The summed E-state index contributed by atoms with van der Waals surface area (Å²) >= 11 is 1.01. The summed E-state index contributed by atoms with van der Waals surface area (Å²) in [5.74, 6) is 1.02. The zero-order valence-corrected chi connectivity index (χ0v) is 18.1. The number of hydrogen-bond acceptors (Lipinski definition) is 6. The van der Waals surface area contributed by atoms with Gasteiger partial charge in [0.15, 0.2) is 5.78 Å². The van der Waals surface area contributed by atoms with Crippen molar-refractivity contribution in [3.05, 3.63) is 77.2 Å². The van der Waals surface area contributed by atoms with Gasteiger partial charge in [-0.1, -0.05) is 54.2 Å². The van der Waals surface area contributed by atoms with Crippen LogP contribution in [-0.2, 0) is 17.6 Å². The first-order valence-electron chi connectivity index (χ1n) is 10.0. The van der Waals surface area contributed by atoms with Crippen molar-refractivity contribution in [2.75, 3.05) is 0 Å². The fourth-order valence-corrected chi connectivity index (χ4v) is 4.49. The highest BCUT2D eigenvalue weighted by Crippen LogP contribution is 2.32. The maximum atomic E-state index is 12.6. The summed E-state index contributed by atoms with van der Waals surface area (Å²) in [6, 6.07) is 16.9. The smallest absolute Gasteiger partial charge is 0.285 e. The molecule has 31 heavy (non-hydrogen) atoms. The van der Waals surface area contributed by atoms with Crippen molar-refractivity contribution >= 4 is 36.5 Å². The second kappa shape index (κ2) is 8.55. The Balaban J connectivity index is 1.38. The minimum absolute atomic E-state index is 0.0181. The lowest BCUT2D eigenvalue weighted by Gasteiger charge is -2.18. The normalized spacial score (nSPS) is 18.2. The van der Waals surface area contributed by atoms with Gasteiger partial charge in [0.25, 0.3) is 5.24 Å². The SMILES string of the molecule is B[C@]1(Cc2ccc(C(=O)CCc3nc(-c4ccccc4)oc3C)cc2)SC(=O)NC1=O. The van der Waals surface area contributed by atoms with E-state index >= 15 is 0 Å². The van der Waals surface area contributed by atoms with Crippen LogP contribution >= 0.6 is 11.8 Å². The third-order valence-corrected chi connectivity index (χ3v) is 6.40. The zero-order valence-electron chi connectivity index (χ0n) is 17.3. The molecule has 0 saturated carbocycles. The lowest BCUT2D eigenvalue weighted by Crippen LogP contribution is -2.39. The summed E-state index contributed by atoms with van der Waals surface area (Å²) in [4.78, 5) is 40.7. The van der Waals surface area contributed by atoms with Crippen LogP contribution in [0.3, 0.4) is 0 Å². The van der Waals surface area contributed by atoms with E-state index < -0.39 is 4.65 Å². The van der Waals surface area contributed by atoms with Crippen LogP contribution < -0.4 is 5.32 Å². The Morgan fingerprint density at radius 2 is 1.84 bits per heavy atom. The highest BCUT2D eigenvalue weighted by atomic mass is 32.2. The number of benzene rings is 2. The molecule has 1 aromatic heterocycles. The fourth-order valence-electron chi connectivity index (χ4n) is 3.56. The number of hydrogen-bond donors (Lipinski definition) is 1. The minimum atomic E-state index is -0.816. The van der Waals surface area contributed by atoms with E-state index in [4.69, 9.17) is 4.42 Å². The van der Waals surface area contributed by atoms with E-state index in [1.54, 1.807) is 20.0 Å². The lowest BCUT2D eigenvalue weighted by molar-refractivity contribution is -0.119. The van der Waals surface area contributed by atoms with Crippen LogP contribution in [0.1, 0.15) is 33.8 Å². The number of carbonyl (C=O) groups excluding carboxylic acids is 3. The number of Topliss-reactive ketones (excluding diaryl/α,β-unsaturated/α-hetero) is 1. The van der Waals surface area contributed by atoms with Crippen molar-refractivity contribution in [2.24, 2.45) is 0 Å². The Morgan fingerprint density at radius 1 is 1.13 bits per heavy atom. The number of amides is 2. The highest BCUT2D eigenvalue weighted by molar-refractivity contribution is 8.17. The quantitative estimate of drug-likeness (QED) is 0.455. The van der Waals surface area contributed by atoms with Crippen LogP contribution in [0.2, 0.25) is 0 Å². The number of aromatic nitrogens is 1. The van der Waals surface area contributed by atoms with E-state index in [1.165, 1.54) is 0 Å². The molecule has 1 N–H and O–H groups in total. The summed E-state index contributed by atoms with van der Waals surface area (Å²) in [6.45, 7) is 1.86.